The van der Waals surface area contributed by atoms with E-state index in [4.69, 9.17) is 11.6 Å². The van der Waals surface area contributed by atoms with Crippen molar-refractivity contribution in [2.75, 3.05) is 18.4 Å². The van der Waals surface area contributed by atoms with E-state index >= 15 is 0 Å². The Morgan fingerprint density at radius 1 is 1.38 bits per heavy atom. The molecule has 24 heavy (non-hydrogen) atoms. The number of halogens is 1. The Hall–Kier alpha value is -1.62. The van der Waals surface area contributed by atoms with Crippen LogP contribution in [-0.4, -0.2) is 23.9 Å². The van der Waals surface area contributed by atoms with Crippen LogP contribution in [0.2, 0.25) is 4.34 Å². The van der Waals surface area contributed by atoms with Gasteiger partial charge < -0.3 is 5.32 Å². The Bertz CT molecular complexity index is 711. The number of hydrogen-bond acceptors (Lipinski definition) is 3. The molecule has 1 amide bonds. The number of carbonyl (C=O) groups is 1. The van der Waals surface area contributed by atoms with E-state index in [0.717, 1.165) is 32.4 Å². The number of benzene rings is 1. The van der Waals surface area contributed by atoms with Gasteiger partial charge in [0.15, 0.2) is 0 Å². The molecular formula is C19H23ClN2OS. The second-order valence-corrected chi connectivity index (χ2v) is 7.47. The van der Waals surface area contributed by atoms with Crippen LogP contribution in [0.15, 0.2) is 43.0 Å². The third-order valence-corrected chi connectivity index (χ3v) is 4.98. The SMILES string of the molecule is C=CCN(CC(=O)Nc1c(C)cccc1CC)Cc1ccc(Cl)s1. The number of nitrogens with one attached hydrogen (secondary N) is 1. The predicted octanol–water partition coefficient (Wildman–Crippen LogP) is 4.90. The maximum Gasteiger partial charge on any atom is 0.238 e. The molecule has 1 aromatic heterocycles. The summed E-state index contributed by atoms with van der Waals surface area (Å²) in [6.07, 6.45) is 2.70. The van der Waals surface area contributed by atoms with Gasteiger partial charge in [0.05, 0.1) is 10.9 Å². The van der Waals surface area contributed by atoms with Crippen LogP contribution in [0, 0.1) is 6.92 Å². The van der Waals surface area contributed by atoms with Crippen LogP contribution in [0.25, 0.3) is 0 Å². The number of thiophene rings is 1. The highest BCUT2D eigenvalue weighted by Gasteiger charge is 2.14. The number of para-hydroxylation sites is 1. The van der Waals surface area contributed by atoms with Gasteiger partial charge in [-0.3, -0.25) is 9.69 Å². The summed E-state index contributed by atoms with van der Waals surface area (Å²) in [5, 5.41) is 3.07. The minimum atomic E-state index is -0.0106. The van der Waals surface area contributed by atoms with Crippen molar-refractivity contribution in [3.63, 3.8) is 0 Å². The summed E-state index contributed by atoms with van der Waals surface area (Å²) in [4.78, 5) is 15.7. The fourth-order valence-electron chi connectivity index (χ4n) is 2.61. The molecule has 0 radical (unpaired) electrons. The van der Waals surface area contributed by atoms with Crippen molar-refractivity contribution in [1.29, 1.82) is 0 Å². The fraction of sp³-hybridized carbons (Fsp3) is 0.316. The van der Waals surface area contributed by atoms with Crippen molar-refractivity contribution in [3.8, 4) is 0 Å². The number of anilines is 1. The van der Waals surface area contributed by atoms with Gasteiger partial charge in [0.25, 0.3) is 0 Å². The third-order valence-electron chi connectivity index (χ3n) is 3.77. The average Bonchev–Trinajstić information content (AvgIpc) is 2.94. The summed E-state index contributed by atoms with van der Waals surface area (Å²) in [7, 11) is 0. The van der Waals surface area contributed by atoms with Gasteiger partial charge in [-0.2, -0.15) is 0 Å². The van der Waals surface area contributed by atoms with Gasteiger partial charge in [-0.15, -0.1) is 17.9 Å². The van der Waals surface area contributed by atoms with Crippen molar-refractivity contribution in [2.45, 2.75) is 26.8 Å². The van der Waals surface area contributed by atoms with Crippen LogP contribution in [0.4, 0.5) is 5.69 Å². The van der Waals surface area contributed by atoms with E-state index in [0.29, 0.717) is 19.6 Å². The van der Waals surface area contributed by atoms with E-state index in [1.165, 1.54) is 11.3 Å². The molecule has 0 spiro atoms. The minimum Gasteiger partial charge on any atom is -0.324 e. The highest BCUT2D eigenvalue weighted by atomic mass is 35.5. The summed E-state index contributed by atoms with van der Waals surface area (Å²) in [6, 6.07) is 9.97. The quantitative estimate of drug-likeness (QED) is 0.677. The Labute approximate surface area is 152 Å². The maximum absolute atomic E-state index is 12.5. The Morgan fingerprint density at radius 3 is 2.79 bits per heavy atom. The van der Waals surface area contributed by atoms with Gasteiger partial charge in [-0.1, -0.05) is 42.8 Å². The maximum atomic E-state index is 12.5. The standard InChI is InChI=1S/C19H23ClN2OS/c1-4-11-22(12-16-9-10-17(20)24-16)13-18(23)21-19-14(3)7-6-8-15(19)5-2/h4,6-10H,1,5,11-13H2,2-3H3,(H,21,23). The topological polar surface area (TPSA) is 32.3 Å². The minimum absolute atomic E-state index is 0.0106. The largest absolute Gasteiger partial charge is 0.324 e. The molecule has 0 unspecified atom stereocenters. The first-order chi connectivity index (χ1) is 11.5. The van der Waals surface area contributed by atoms with Crippen LogP contribution in [0.3, 0.4) is 0 Å². The van der Waals surface area contributed by atoms with Crippen LogP contribution < -0.4 is 5.32 Å². The molecule has 2 rings (SSSR count). The van der Waals surface area contributed by atoms with Gasteiger partial charge >= 0.3 is 0 Å². The number of carbonyl (C=O) groups excluding carboxylic acids is 1. The highest BCUT2D eigenvalue weighted by molar-refractivity contribution is 7.16. The lowest BCUT2D eigenvalue weighted by molar-refractivity contribution is -0.117. The summed E-state index contributed by atoms with van der Waals surface area (Å²) in [5.74, 6) is -0.0106. The molecule has 128 valence electrons. The van der Waals surface area contributed by atoms with Crippen molar-refractivity contribution in [3.05, 3.63) is 63.3 Å². The molecule has 5 heteroatoms. The zero-order valence-electron chi connectivity index (χ0n) is 14.1. The molecule has 3 nitrogen and oxygen atoms in total. The summed E-state index contributed by atoms with van der Waals surface area (Å²) in [5.41, 5.74) is 3.18. The Kier molecular flexibility index (Phi) is 7.03. The molecule has 1 aromatic carbocycles. The molecule has 1 heterocycles. The average molecular weight is 363 g/mol. The van der Waals surface area contributed by atoms with E-state index in [1.807, 2.05) is 42.2 Å². The summed E-state index contributed by atoms with van der Waals surface area (Å²) in [6.45, 7) is 9.55. The van der Waals surface area contributed by atoms with E-state index < -0.39 is 0 Å². The van der Waals surface area contributed by atoms with Crippen LogP contribution >= 0.6 is 22.9 Å². The van der Waals surface area contributed by atoms with Crippen LogP contribution in [0.1, 0.15) is 22.9 Å². The monoisotopic (exact) mass is 362 g/mol. The van der Waals surface area contributed by atoms with Gasteiger partial charge in [-0.25, -0.2) is 0 Å². The van der Waals surface area contributed by atoms with Crippen molar-refractivity contribution in [1.82, 2.24) is 4.90 Å². The van der Waals surface area contributed by atoms with E-state index in [9.17, 15) is 4.79 Å². The number of nitrogens with zero attached hydrogens (tertiary/aromatic N) is 1. The highest BCUT2D eigenvalue weighted by Crippen LogP contribution is 2.23. The molecule has 0 fully saturated rings. The lowest BCUT2D eigenvalue weighted by Gasteiger charge is -2.20. The van der Waals surface area contributed by atoms with Gasteiger partial charge in [-0.05, 0) is 36.6 Å². The van der Waals surface area contributed by atoms with E-state index in [-0.39, 0.29) is 5.91 Å². The molecule has 0 aliphatic heterocycles. The molecule has 0 saturated carbocycles. The summed E-state index contributed by atoms with van der Waals surface area (Å²) < 4.78 is 0.764. The van der Waals surface area contributed by atoms with Crippen molar-refractivity contribution in [2.24, 2.45) is 0 Å². The van der Waals surface area contributed by atoms with Crippen LogP contribution in [-0.2, 0) is 17.8 Å². The second-order valence-electron chi connectivity index (χ2n) is 5.67. The fourth-order valence-corrected chi connectivity index (χ4v) is 3.74. The van der Waals surface area contributed by atoms with Gasteiger partial charge in [0, 0.05) is 23.7 Å². The molecule has 0 bridgehead atoms. The molecule has 0 atom stereocenters. The Balaban J connectivity index is 2.04. The third kappa shape index (κ3) is 5.20. The molecule has 2 aromatic rings. The zero-order chi connectivity index (χ0) is 17.5. The normalized spacial score (nSPS) is 10.8. The summed E-state index contributed by atoms with van der Waals surface area (Å²) >= 11 is 7.52. The van der Waals surface area contributed by atoms with E-state index in [1.54, 1.807) is 0 Å². The first-order valence-corrected chi connectivity index (χ1v) is 9.18. The van der Waals surface area contributed by atoms with Gasteiger partial charge in [0.2, 0.25) is 5.91 Å². The molecule has 0 aliphatic carbocycles. The molecule has 1 N–H and O–H groups in total. The first-order valence-electron chi connectivity index (χ1n) is 7.99. The van der Waals surface area contributed by atoms with Crippen molar-refractivity contribution < 1.29 is 4.79 Å². The number of amides is 1. The predicted molar refractivity (Wildman–Crippen MR) is 104 cm³/mol. The molecular weight excluding hydrogens is 340 g/mol. The van der Waals surface area contributed by atoms with E-state index in [2.05, 4.69) is 24.9 Å². The lowest BCUT2D eigenvalue weighted by atomic mass is 10.1. The van der Waals surface area contributed by atoms with Gasteiger partial charge in [0.1, 0.15) is 0 Å². The molecule has 0 aliphatic rings. The second kappa shape index (κ2) is 9.02. The van der Waals surface area contributed by atoms with Crippen LogP contribution in [0.5, 0.6) is 0 Å². The number of rotatable bonds is 8. The smallest absolute Gasteiger partial charge is 0.238 e. The number of hydrogen-bond donors (Lipinski definition) is 1. The lowest BCUT2D eigenvalue weighted by Crippen LogP contribution is -2.33. The molecule has 0 saturated heterocycles. The first kappa shape index (κ1) is 18.7. The van der Waals surface area contributed by atoms with Crippen molar-refractivity contribution >= 4 is 34.5 Å². The number of aryl methyl sites for hydroxylation is 2. The zero-order valence-corrected chi connectivity index (χ0v) is 15.7. The Morgan fingerprint density at radius 2 is 2.17 bits per heavy atom.